The molecule has 33 heavy (non-hydrogen) atoms. The van der Waals surface area contributed by atoms with Crippen molar-refractivity contribution in [1.29, 1.82) is 0 Å². The second-order valence-corrected chi connectivity index (χ2v) is 8.36. The molecule has 176 valence electrons. The van der Waals surface area contributed by atoms with Crippen LogP contribution in [0.4, 0.5) is 0 Å². The van der Waals surface area contributed by atoms with E-state index in [4.69, 9.17) is 9.47 Å². The maximum atomic E-state index is 13.1. The van der Waals surface area contributed by atoms with Gasteiger partial charge >= 0.3 is 0 Å². The van der Waals surface area contributed by atoms with Gasteiger partial charge in [-0.3, -0.25) is 9.59 Å². The maximum Gasteiger partial charge on any atom is 0.295 e. The van der Waals surface area contributed by atoms with Crippen LogP contribution >= 0.6 is 0 Å². The number of carbonyl (C=O) groups is 2. The molecule has 2 aromatic carbocycles. The Labute approximate surface area is 195 Å². The highest BCUT2D eigenvalue weighted by Gasteiger charge is 2.46. The highest BCUT2D eigenvalue weighted by atomic mass is 16.5. The quantitative estimate of drug-likeness (QED) is 0.354. The first-order valence-electron chi connectivity index (χ1n) is 11.1. The topological polar surface area (TPSA) is 79.3 Å². The van der Waals surface area contributed by atoms with Gasteiger partial charge in [-0.15, -0.1) is 0 Å². The van der Waals surface area contributed by atoms with E-state index < -0.39 is 17.7 Å². The van der Waals surface area contributed by atoms with E-state index in [1.54, 1.807) is 36.3 Å². The smallest absolute Gasteiger partial charge is 0.295 e. The number of likely N-dealkylation sites (tertiary alicyclic amines) is 1. The lowest BCUT2D eigenvalue weighted by Gasteiger charge is -2.26. The number of nitrogens with zero attached hydrogens (tertiary/aromatic N) is 2. The van der Waals surface area contributed by atoms with Gasteiger partial charge in [-0.05, 0) is 58.6 Å². The molecule has 2 aromatic rings. The van der Waals surface area contributed by atoms with Crippen molar-refractivity contribution in [2.45, 2.75) is 26.3 Å². The number of ketones is 1. The molecule has 0 bridgehead atoms. The molecule has 0 aromatic heterocycles. The Hall–Kier alpha value is -3.32. The fourth-order valence-electron chi connectivity index (χ4n) is 4.01. The van der Waals surface area contributed by atoms with Crippen molar-refractivity contribution in [1.82, 2.24) is 9.80 Å². The number of aliphatic hydroxyl groups excluding tert-OH is 1. The van der Waals surface area contributed by atoms with E-state index in [1.165, 1.54) is 0 Å². The van der Waals surface area contributed by atoms with Gasteiger partial charge in [0.15, 0.2) is 11.5 Å². The molecule has 3 rings (SSSR count). The summed E-state index contributed by atoms with van der Waals surface area (Å²) >= 11 is 0. The van der Waals surface area contributed by atoms with Crippen LogP contribution in [0.5, 0.6) is 11.5 Å². The zero-order chi connectivity index (χ0) is 24.1. The third-order valence-electron chi connectivity index (χ3n) is 5.67. The Morgan fingerprint density at radius 1 is 1.09 bits per heavy atom. The number of rotatable bonds is 9. The van der Waals surface area contributed by atoms with Gasteiger partial charge in [0.1, 0.15) is 5.76 Å². The Morgan fingerprint density at radius 2 is 1.79 bits per heavy atom. The van der Waals surface area contributed by atoms with Gasteiger partial charge in [-0.1, -0.05) is 35.9 Å². The third-order valence-corrected chi connectivity index (χ3v) is 5.67. The van der Waals surface area contributed by atoms with Crippen molar-refractivity contribution >= 4 is 17.4 Å². The minimum absolute atomic E-state index is 0.0833. The van der Waals surface area contributed by atoms with Crippen LogP contribution in [0.25, 0.3) is 5.76 Å². The summed E-state index contributed by atoms with van der Waals surface area (Å²) in [6.45, 7) is 5.45. The second kappa shape index (κ2) is 10.5. The van der Waals surface area contributed by atoms with E-state index in [2.05, 4.69) is 0 Å². The molecule has 0 unspecified atom stereocenters. The first-order chi connectivity index (χ1) is 15.8. The van der Waals surface area contributed by atoms with Crippen molar-refractivity contribution in [3.63, 3.8) is 0 Å². The highest BCUT2D eigenvalue weighted by Crippen LogP contribution is 2.42. The molecule has 0 saturated carbocycles. The van der Waals surface area contributed by atoms with Crippen molar-refractivity contribution in [3.05, 3.63) is 64.7 Å². The molecule has 1 aliphatic rings. The Bertz CT molecular complexity index is 1040. The number of aliphatic hydroxyl groups is 1. The molecular formula is C26H32N2O5. The predicted octanol–water partition coefficient (Wildman–Crippen LogP) is 3.78. The van der Waals surface area contributed by atoms with Gasteiger partial charge < -0.3 is 24.4 Å². The first-order valence-corrected chi connectivity index (χ1v) is 11.1. The molecule has 1 aliphatic heterocycles. The summed E-state index contributed by atoms with van der Waals surface area (Å²) < 4.78 is 11.1. The largest absolute Gasteiger partial charge is 0.507 e. The summed E-state index contributed by atoms with van der Waals surface area (Å²) in [5.74, 6) is -0.396. The number of carbonyl (C=O) groups excluding carboxylic acids is 2. The van der Waals surface area contributed by atoms with Gasteiger partial charge in [-0.25, -0.2) is 0 Å². The summed E-state index contributed by atoms with van der Waals surface area (Å²) in [6, 6.07) is 11.8. The van der Waals surface area contributed by atoms with E-state index in [9.17, 15) is 14.7 Å². The highest BCUT2D eigenvalue weighted by molar-refractivity contribution is 6.46. The zero-order valence-electron chi connectivity index (χ0n) is 19.9. The Kier molecular flexibility index (Phi) is 7.76. The SMILES string of the molecule is CCOc1ccc([C@H]2/C(=C(\O)c3ccc(C)cc3)C(=O)C(=O)N2CCCN(C)C)cc1OC. The average molecular weight is 453 g/mol. The number of Topliss-reactive ketones (excluding diaryl/α,β-unsaturated/α-hetero) is 1. The Morgan fingerprint density at radius 3 is 2.39 bits per heavy atom. The molecule has 7 nitrogen and oxygen atoms in total. The number of aryl methyl sites for hydroxylation is 1. The molecular weight excluding hydrogens is 420 g/mol. The number of hydrogen-bond donors (Lipinski definition) is 1. The monoisotopic (exact) mass is 452 g/mol. The van der Waals surface area contributed by atoms with Crippen LogP contribution in [-0.4, -0.2) is 67.5 Å². The molecule has 1 heterocycles. The van der Waals surface area contributed by atoms with E-state index in [1.807, 2.05) is 51.0 Å². The van der Waals surface area contributed by atoms with E-state index in [-0.39, 0.29) is 11.3 Å². The normalized spacial score (nSPS) is 17.6. The number of amides is 1. The second-order valence-electron chi connectivity index (χ2n) is 8.36. The van der Waals surface area contributed by atoms with Crippen molar-refractivity contribution in [2.75, 3.05) is 40.9 Å². The van der Waals surface area contributed by atoms with Gasteiger partial charge in [0.2, 0.25) is 0 Å². The number of ether oxygens (including phenoxy) is 2. The Balaban J connectivity index is 2.12. The van der Waals surface area contributed by atoms with Crippen LogP contribution in [0.2, 0.25) is 0 Å². The van der Waals surface area contributed by atoms with E-state index in [0.29, 0.717) is 42.2 Å². The van der Waals surface area contributed by atoms with Gasteiger partial charge in [0.25, 0.3) is 11.7 Å². The number of benzene rings is 2. The fourth-order valence-corrected chi connectivity index (χ4v) is 4.01. The summed E-state index contributed by atoms with van der Waals surface area (Å²) in [4.78, 5) is 29.7. The minimum atomic E-state index is -0.724. The molecule has 7 heteroatoms. The van der Waals surface area contributed by atoms with Crippen LogP contribution in [0.1, 0.15) is 36.1 Å². The first kappa shape index (κ1) is 24.3. The molecule has 0 radical (unpaired) electrons. The summed E-state index contributed by atoms with van der Waals surface area (Å²) in [7, 11) is 5.46. The molecule has 1 saturated heterocycles. The fraction of sp³-hybridized carbons (Fsp3) is 0.385. The third kappa shape index (κ3) is 5.20. The standard InChI is InChI=1S/C26H32N2O5/c1-6-33-20-13-12-19(16-21(20)32-5)23-22(24(29)18-10-8-17(2)9-11-18)25(30)26(31)28(23)15-7-14-27(3)4/h8-13,16,23,29H,6-7,14-15H2,1-5H3/b24-22+/t23-/m0/s1. The van der Waals surface area contributed by atoms with Crippen LogP contribution in [0.15, 0.2) is 48.0 Å². The number of methoxy groups -OCH3 is 1. The lowest BCUT2D eigenvalue weighted by Crippen LogP contribution is -2.32. The van der Waals surface area contributed by atoms with Crippen LogP contribution in [0.3, 0.4) is 0 Å². The van der Waals surface area contributed by atoms with Gasteiger partial charge in [0, 0.05) is 12.1 Å². The maximum absolute atomic E-state index is 13.1. The van der Waals surface area contributed by atoms with Crippen molar-refractivity contribution < 1.29 is 24.2 Å². The molecule has 0 spiro atoms. The average Bonchev–Trinajstić information content (AvgIpc) is 3.04. The molecule has 1 N–H and O–H groups in total. The molecule has 1 fully saturated rings. The molecule has 1 amide bonds. The van der Waals surface area contributed by atoms with Crippen molar-refractivity contribution in [2.24, 2.45) is 0 Å². The van der Waals surface area contributed by atoms with Crippen molar-refractivity contribution in [3.8, 4) is 11.5 Å². The predicted molar refractivity (Wildman–Crippen MR) is 128 cm³/mol. The van der Waals surface area contributed by atoms with Crippen LogP contribution in [0, 0.1) is 6.92 Å². The lowest BCUT2D eigenvalue weighted by molar-refractivity contribution is -0.139. The summed E-state index contributed by atoms with van der Waals surface area (Å²) in [5, 5.41) is 11.1. The molecule has 0 aliphatic carbocycles. The molecule has 1 atom stereocenters. The van der Waals surface area contributed by atoms with Crippen LogP contribution in [-0.2, 0) is 9.59 Å². The summed E-state index contributed by atoms with van der Waals surface area (Å²) in [6.07, 6.45) is 0.690. The minimum Gasteiger partial charge on any atom is -0.507 e. The van der Waals surface area contributed by atoms with E-state index >= 15 is 0 Å². The summed E-state index contributed by atoms with van der Waals surface area (Å²) in [5.41, 5.74) is 2.28. The van der Waals surface area contributed by atoms with Gasteiger partial charge in [0.05, 0.1) is 25.3 Å². The van der Waals surface area contributed by atoms with E-state index in [0.717, 1.165) is 12.1 Å². The lowest BCUT2D eigenvalue weighted by atomic mass is 9.94. The van der Waals surface area contributed by atoms with Crippen LogP contribution < -0.4 is 9.47 Å². The number of hydrogen-bond acceptors (Lipinski definition) is 6. The zero-order valence-corrected chi connectivity index (χ0v) is 19.9. The van der Waals surface area contributed by atoms with Gasteiger partial charge in [-0.2, -0.15) is 0 Å².